The van der Waals surface area contributed by atoms with Crippen LogP contribution in [0.4, 0.5) is 9.59 Å². The molecule has 1 aromatic rings. The molecule has 0 aliphatic carbocycles. The average Bonchev–Trinajstić information content (AvgIpc) is 2.54. The highest BCUT2D eigenvalue weighted by atomic mass is 16.6. The molecule has 1 fully saturated rings. The lowest BCUT2D eigenvalue weighted by molar-refractivity contribution is 0.0508. The van der Waals surface area contributed by atoms with Crippen LogP contribution in [-0.2, 0) is 11.3 Å². The Balaban J connectivity index is 1.84. The molecule has 0 spiro atoms. The molecule has 2 N–H and O–H groups in total. The first-order chi connectivity index (χ1) is 12.1. The maximum absolute atomic E-state index is 11.9. The lowest BCUT2D eigenvalue weighted by Gasteiger charge is -2.33. The third-order valence-electron chi connectivity index (χ3n) is 4.26. The molecular weight excluding hydrogens is 334 g/mol. The second-order valence-corrected chi connectivity index (χ2v) is 7.66. The van der Waals surface area contributed by atoms with Crippen molar-refractivity contribution in [3.63, 3.8) is 0 Å². The van der Waals surface area contributed by atoms with E-state index in [0.29, 0.717) is 13.1 Å². The normalized spacial score (nSPS) is 16.8. The van der Waals surface area contributed by atoms with Gasteiger partial charge in [-0.15, -0.1) is 0 Å². The van der Waals surface area contributed by atoms with E-state index < -0.39 is 17.8 Å². The van der Waals surface area contributed by atoms with E-state index in [-0.39, 0.29) is 6.04 Å². The number of carbonyl (C=O) groups excluding carboxylic acids is 1. The summed E-state index contributed by atoms with van der Waals surface area (Å²) in [5.41, 5.74) is 1.66. The van der Waals surface area contributed by atoms with Crippen molar-refractivity contribution in [1.29, 1.82) is 0 Å². The average molecular weight is 363 g/mol. The van der Waals surface area contributed by atoms with Gasteiger partial charge in [-0.3, -0.25) is 4.90 Å². The summed E-state index contributed by atoms with van der Waals surface area (Å²) in [6.07, 6.45) is -1.27. The Morgan fingerprint density at radius 1 is 1.15 bits per heavy atom. The number of carboxylic acid groups (broad SMARTS) is 1. The molecule has 0 saturated carbocycles. The van der Waals surface area contributed by atoms with Crippen LogP contribution in [-0.4, -0.2) is 58.9 Å². The second kappa shape index (κ2) is 8.40. The van der Waals surface area contributed by atoms with Crippen molar-refractivity contribution in [3.8, 4) is 0 Å². The fraction of sp³-hybridized carbons (Fsp3) is 0.579. The first-order valence-electron chi connectivity index (χ1n) is 8.92. The highest BCUT2D eigenvalue weighted by molar-refractivity contribution is 5.68. The maximum Gasteiger partial charge on any atom is 0.408 e. The number of ether oxygens (including phenoxy) is 1. The van der Waals surface area contributed by atoms with E-state index >= 15 is 0 Å². The summed E-state index contributed by atoms with van der Waals surface area (Å²) in [4.78, 5) is 26.5. The number of alkyl carbamates (subject to hydrolysis) is 1. The van der Waals surface area contributed by atoms with Crippen molar-refractivity contribution in [3.05, 3.63) is 35.4 Å². The minimum atomic E-state index is -0.847. The number of hydrogen-bond donors (Lipinski definition) is 2. The van der Waals surface area contributed by atoms with Crippen molar-refractivity contribution >= 4 is 12.2 Å². The van der Waals surface area contributed by atoms with Crippen LogP contribution in [0.25, 0.3) is 0 Å². The van der Waals surface area contributed by atoms with E-state index in [2.05, 4.69) is 10.2 Å². The molecule has 2 rings (SSSR count). The molecule has 7 heteroatoms. The number of amides is 2. The van der Waals surface area contributed by atoms with Crippen molar-refractivity contribution in [2.24, 2.45) is 0 Å². The van der Waals surface area contributed by atoms with Crippen molar-refractivity contribution in [2.45, 2.75) is 45.9 Å². The Labute approximate surface area is 154 Å². The van der Waals surface area contributed by atoms with Crippen LogP contribution in [0.1, 0.15) is 44.9 Å². The smallest absolute Gasteiger partial charge is 0.408 e. The summed E-state index contributed by atoms with van der Waals surface area (Å²) in [5, 5.41) is 11.8. The highest BCUT2D eigenvalue weighted by Gasteiger charge is 2.21. The van der Waals surface area contributed by atoms with E-state index in [1.807, 2.05) is 52.0 Å². The van der Waals surface area contributed by atoms with E-state index in [9.17, 15) is 9.59 Å². The van der Waals surface area contributed by atoms with E-state index in [0.717, 1.165) is 25.2 Å². The summed E-state index contributed by atoms with van der Waals surface area (Å²) in [5.74, 6) is 0. The van der Waals surface area contributed by atoms with Gasteiger partial charge in [0.05, 0.1) is 6.04 Å². The maximum atomic E-state index is 11.9. The zero-order chi connectivity index (χ0) is 19.3. The molecule has 144 valence electrons. The summed E-state index contributed by atoms with van der Waals surface area (Å²) in [6.45, 7) is 10.8. The monoisotopic (exact) mass is 363 g/mol. The number of nitrogens with zero attached hydrogens (tertiary/aromatic N) is 2. The van der Waals surface area contributed by atoms with Gasteiger partial charge in [0.2, 0.25) is 0 Å². The van der Waals surface area contributed by atoms with Gasteiger partial charge in [-0.1, -0.05) is 24.3 Å². The van der Waals surface area contributed by atoms with Gasteiger partial charge in [0.1, 0.15) is 5.60 Å². The van der Waals surface area contributed by atoms with E-state index in [1.165, 1.54) is 10.5 Å². The molecule has 1 aliphatic rings. The molecular formula is C19H29N3O4. The molecule has 0 aromatic heterocycles. The molecule has 1 aromatic carbocycles. The van der Waals surface area contributed by atoms with Gasteiger partial charge in [0, 0.05) is 32.7 Å². The summed E-state index contributed by atoms with van der Waals surface area (Å²) < 4.78 is 5.28. The minimum absolute atomic E-state index is 0.141. The fourth-order valence-electron chi connectivity index (χ4n) is 2.83. The van der Waals surface area contributed by atoms with Crippen LogP contribution in [0.3, 0.4) is 0 Å². The Kier molecular flexibility index (Phi) is 6.47. The molecule has 0 radical (unpaired) electrons. The van der Waals surface area contributed by atoms with Crippen LogP contribution in [0.5, 0.6) is 0 Å². The van der Waals surface area contributed by atoms with Crippen molar-refractivity contribution in [1.82, 2.24) is 15.1 Å². The number of benzene rings is 1. The number of carbonyl (C=O) groups is 2. The predicted octanol–water partition coefficient (Wildman–Crippen LogP) is 3.07. The predicted molar refractivity (Wildman–Crippen MR) is 99.1 cm³/mol. The molecule has 1 unspecified atom stereocenters. The van der Waals surface area contributed by atoms with Gasteiger partial charge in [0.15, 0.2) is 0 Å². The molecule has 1 heterocycles. The van der Waals surface area contributed by atoms with Gasteiger partial charge in [-0.05, 0) is 38.8 Å². The number of rotatable bonds is 4. The fourth-order valence-corrected chi connectivity index (χ4v) is 2.83. The minimum Gasteiger partial charge on any atom is -0.465 e. The SMILES string of the molecule is CC(NC(=O)OC(C)(C)C)c1ccc(CN2CCN(C(=O)O)CC2)cc1. The van der Waals surface area contributed by atoms with Crippen LogP contribution >= 0.6 is 0 Å². The largest absolute Gasteiger partial charge is 0.465 e. The molecule has 1 aliphatic heterocycles. The quantitative estimate of drug-likeness (QED) is 0.859. The van der Waals surface area contributed by atoms with Crippen LogP contribution in [0.2, 0.25) is 0 Å². The molecule has 7 nitrogen and oxygen atoms in total. The van der Waals surface area contributed by atoms with E-state index in [1.54, 1.807) is 0 Å². The summed E-state index contributed by atoms with van der Waals surface area (Å²) in [7, 11) is 0. The van der Waals surface area contributed by atoms with Gasteiger partial charge < -0.3 is 20.1 Å². The standard InChI is InChI=1S/C19H29N3O4/c1-14(20-17(23)26-19(2,3)4)16-7-5-15(6-8-16)13-21-9-11-22(12-10-21)18(24)25/h5-8,14H,9-13H2,1-4H3,(H,20,23)(H,24,25). The molecule has 1 saturated heterocycles. The summed E-state index contributed by atoms with van der Waals surface area (Å²) in [6, 6.07) is 7.96. The summed E-state index contributed by atoms with van der Waals surface area (Å²) >= 11 is 0. The van der Waals surface area contributed by atoms with Crippen LogP contribution in [0.15, 0.2) is 24.3 Å². The first kappa shape index (κ1) is 20.0. The van der Waals surface area contributed by atoms with E-state index in [4.69, 9.17) is 9.84 Å². The molecule has 2 amide bonds. The van der Waals surface area contributed by atoms with Gasteiger partial charge in [-0.2, -0.15) is 0 Å². The number of piperazine rings is 1. The third-order valence-corrected chi connectivity index (χ3v) is 4.26. The van der Waals surface area contributed by atoms with Crippen LogP contribution < -0.4 is 5.32 Å². The third kappa shape index (κ3) is 6.22. The van der Waals surface area contributed by atoms with Gasteiger partial charge in [-0.25, -0.2) is 9.59 Å². The lowest BCUT2D eigenvalue weighted by atomic mass is 10.1. The molecule has 1 atom stereocenters. The van der Waals surface area contributed by atoms with Crippen LogP contribution in [0, 0.1) is 0 Å². The van der Waals surface area contributed by atoms with Crippen molar-refractivity contribution in [2.75, 3.05) is 26.2 Å². The Hall–Kier alpha value is -2.28. The zero-order valence-corrected chi connectivity index (χ0v) is 16.0. The van der Waals surface area contributed by atoms with Gasteiger partial charge in [0.25, 0.3) is 0 Å². The Bertz CT molecular complexity index is 617. The molecule has 26 heavy (non-hydrogen) atoms. The highest BCUT2D eigenvalue weighted by Crippen LogP contribution is 2.16. The Morgan fingerprint density at radius 3 is 2.23 bits per heavy atom. The lowest BCUT2D eigenvalue weighted by Crippen LogP contribution is -2.47. The Morgan fingerprint density at radius 2 is 1.73 bits per heavy atom. The number of nitrogens with one attached hydrogen (secondary N) is 1. The second-order valence-electron chi connectivity index (χ2n) is 7.66. The van der Waals surface area contributed by atoms with Gasteiger partial charge >= 0.3 is 12.2 Å². The zero-order valence-electron chi connectivity index (χ0n) is 16.0. The van der Waals surface area contributed by atoms with Crippen molar-refractivity contribution < 1.29 is 19.4 Å². The number of hydrogen-bond acceptors (Lipinski definition) is 4. The molecule has 0 bridgehead atoms. The topological polar surface area (TPSA) is 82.1 Å². The first-order valence-corrected chi connectivity index (χ1v) is 8.92.